The van der Waals surface area contributed by atoms with Gasteiger partial charge in [-0.25, -0.2) is 4.79 Å². The van der Waals surface area contributed by atoms with E-state index in [4.69, 9.17) is 4.42 Å². The number of carbonyl (C=O) groups is 2. The monoisotopic (exact) mass is 311 g/mol. The van der Waals surface area contributed by atoms with Crippen LogP contribution in [0.25, 0.3) is 21.7 Å². The van der Waals surface area contributed by atoms with Gasteiger partial charge in [0.1, 0.15) is 17.4 Å². The van der Waals surface area contributed by atoms with Gasteiger partial charge < -0.3 is 9.15 Å². The molecule has 6 heteroatoms. The molecule has 0 saturated carbocycles. The Morgan fingerprint density at radius 3 is 2.70 bits per heavy atom. The van der Waals surface area contributed by atoms with E-state index in [0.717, 1.165) is 17.0 Å². The van der Waals surface area contributed by atoms with Gasteiger partial charge in [-0.2, -0.15) is 0 Å². The summed E-state index contributed by atoms with van der Waals surface area (Å²) in [6.07, 6.45) is 0.154. The quantitative estimate of drug-likeness (QED) is 0.735. The number of imide groups is 1. The minimum absolute atomic E-state index is 0.122. The molecule has 0 bridgehead atoms. The van der Waals surface area contributed by atoms with Crippen LogP contribution in [0.4, 0.5) is 4.79 Å². The number of fused-ring (bicyclic) bond motifs is 3. The largest absolute Gasteiger partial charge is 0.463 e. The average Bonchev–Trinajstić information content (AvgIpc) is 2.55. The maximum absolute atomic E-state index is 12.5. The number of alkyl carbamates (subject to hydrolysis) is 1. The highest BCUT2D eigenvalue weighted by Crippen LogP contribution is 2.23. The van der Waals surface area contributed by atoms with Gasteiger partial charge in [-0.1, -0.05) is 30.3 Å². The molecule has 23 heavy (non-hydrogen) atoms. The van der Waals surface area contributed by atoms with Gasteiger partial charge in [-0.15, -0.1) is 0 Å². The summed E-state index contributed by atoms with van der Waals surface area (Å²) < 4.78 is 10.1. The van der Waals surface area contributed by atoms with E-state index in [1.807, 2.05) is 29.6 Å². The van der Waals surface area contributed by atoms with Crippen molar-refractivity contribution in [2.45, 2.75) is 6.92 Å². The molecule has 0 aliphatic heterocycles. The molecule has 1 N–H and O–H groups in total. The minimum atomic E-state index is -0.907. The third-order valence-corrected chi connectivity index (χ3v) is 3.40. The van der Waals surface area contributed by atoms with Gasteiger partial charge in [0.05, 0.1) is 12.0 Å². The van der Waals surface area contributed by atoms with E-state index in [0.29, 0.717) is 5.58 Å². The first-order chi connectivity index (χ1) is 11.1. The zero-order chi connectivity index (χ0) is 16.4. The van der Waals surface area contributed by atoms with Crippen LogP contribution in [-0.2, 0) is 4.74 Å². The summed E-state index contributed by atoms with van der Waals surface area (Å²) >= 11 is 0. The van der Waals surface area contributed by atoms with E-state index in [-0.39, 0.29) is 17.6 Å². The molecule has 1 heterocycles. The molecular formula is C17H13NO5. The number of rotatable bonds is 2. The lowest BCUT2D eigenvalue weighted by Crippen LogP contribution is -2.34. The van der Waals surface area contributed by atoms with Crippen LogP contribution in [0.3, 0.4) is 0 Å². The van der Waals surface area contributed by atoms with Crippen molar-refractivity contribution in [1.82, 2.24) is 5.32 Å². The van der Waals surface area contributed by atoms with Gasteiger partial charge in [0, 0.05) is 5.39 Å². The van der Waals surface area contributed by atoms with Crippen molar-refractivity contribution in [3.05, 3.63) is 58.4 Å². The second kappa shape index (κ2) is 5.92. The SMILES string of the molecule is CCOC(=O)NC(=O)c1coc2c(ccc3ccccc32)c1=O. The van der Waals surface area contributed by atoms with Crippen molar-refractivity contribution >= 4 is 33.7 Å². The highest BCUT2D eigenvalue weighted by atomic mass is 16.5. The molecule has 3 aromatic rings. The first kappa shape index (κ1) is 14.8. The maximum atomic E-state index is 12.5. The van der Waals surface area contributed by atoms with Crippen molar-refractivity contribution in [2.75, 3.05) is 6.61 Å². The second-order valence-corrected chi connectivity index (χ2v) is 4.82. The normalized spacial score (nSPS) is 10.7. The zero-order valence-electron chi connectivity index (χ0n) is 12.3. The van der Waals surface area contributed by atoms with E-state index in [9.17, 15) is 14.4 Å². The third kappa shape index (κ3) is 2.66. The summed E-state index contributed by atoms with van der Waals surface area (Å²) in [5, 5.41) is 3.96. The van der Waals surface area contributed by atoms with Crippen molar-refractivity contribution in [3.8, 4) is 0 Å². The van der Waals surface area contributed by atoms with E-state index in [1.165, 1.54) is 0 Å². The standard InChI is InChI=1S/C17H13NO5/c1-2-22-17(21)18-16(20)13-9-23-15-11-6-4-3-5-10(11)7-8-12(15)14(13)19/h3-9H,2H2,1H3,(H,18,20,21). The molecule has 0 spiro atoms. The number of amides is 2. The molecule has 0 unspecified atom stereocenters. The van der Waals surface area contributed by atoms with E-state index < -0.39 is 17.4 Å². The Balaban J connectivity index is 2.09. The molecule has 6 nitrogen and oxygen atoms in total. The topological polar surface area (TPSA) is 85.6 Å². The molecular weight excluding hydrogens is 298 g/mol. The van der Waals surface area contributed by atoms with Crippen LogP contribution in [0.15, 0.2) is 51.9 Å². The van der Waals surface area contributed by atoms with E-state index >= 15 is 0 Å². The molecule has 0 aliphatic rings. The van der Waals surface area contributed by atoms with Crippen LogP contribution in [0.1, 0.15) is 17.3 Å². The summed E-state index contributed by atoms with van der Waals surface area (Å²) in [6, 6.07) is 10.8. The summed E-state index contributed by atoms with van der Waals surface area (Å²) in [7, 11) is 0. The van der Waals surface area contributed by atoms with Crippen molar-refractivity contribution in [1.29, 1.82) is 0 Å². The van der Waals surface area contributed by atoms with Gasteiger partial charge in [0.25, 0.3) is 5.91 Å². The molecule has 2 aromatic carbocycles. The lowest BCUT2D eigenvalue weighted by Gasteiger charge is -2.06. The fraction of sp³-hybridized carbons (Fsp3) is 0.118. The van der Waals surface area contributed by atoms with Gasteiger partial charge in [0.15, 0.2) is 0 Å². The van der Waals surface area contributed by atoms with Crippen LogP contribution in [0, 0.1) is 0 Å². The highest BCUT2D eigenvalue weighted by Gasteiger charge is 2.18. The van der Waals surface area contributed by atoms with Crippen molar-refractivity contribution in [2.24, 2.45) is 0 Å². The maximum Gasteiger partial charge on any atom is 0.414 e. The minimum Gasteiger partial charge on any atom is -0.463 e. The molecule has 0 fully saturated rings. The molecule has 0 atom stereocenters. The van der Waals surface area contributed by atoms with Gasteiger partial charge in [-0.3, -0.25) is 14.9 Å². The van der Waals surface area contributed by atoms with Crippen LogP contribution < -0.4 is 10.7 Å². The second-order valence-electron chi connectivity index (χ2n) is 4.82. The number of benzene rings is 2. The van der Waals surface area contributed by atoms with Crippen LogP contribution in [0.5, 0.6) is 0 Å². The van der Waals surface area contributed by atoms with Gasteiger partial charge in [-0.05, 0) is 18.4 Å². The van der Waals surface area contributed by atoms with Crippen LogP contribution in [-0.4, -0.2) is 18.6 Å². The summed E-state index contributed by atoms with van der Waals surface area (Å²) in [5.41, 5.74) is -0.347. The fourth-order valence-corrected chi connectivity index (χ4v) is 2.35. The van der Waals surface area contributed by atoms with Crippen LogP contribution >= 0.6 is 0 Å². The number of hydrogen-bond donors (Lipinski definition) is 1. The van der Waals surface area contributed by atoms with Crippen LogP contribution in [0.2, 0.25) is 0 Å². The number of nitrogens with one attached hydrogen (secondary N) is 1. The van der Waals surface area contributed by atoms with Crippen molar-refractivity contribution < 1.29 is 18.7 Å². The van der Waals surface area contributed by atoms with Crippen molar-refractivity contribution in [3.63, 3.8) is 0 Å². The van der Waals surface area contributed by atoms with Gasteiger partial charge in [0.2, 0.25) is 5.43 Å². The Hall–Kier alpha value is -3.15. The Bertz CT molecular complexity index is 974. The number of hydrogen-bond acceptors (Lipinski definition) is 5. The summed E-state index contributed by atoms with van der Waals surface area (Å²) in [5.74, 6) is -0.854. The third-order valence-electron chi connectivity index (χ3n) is 3.40. The van der Waals surface area contributed by atoms with E-state index in [2.05, 4.69) is 4.74 Å². The average molecular weight is 311 g/mol. The predicted molar refractivity (Wildman–Crippen MR) is 84.5 cm³/mol. The zero-order valence-corrected chi connectivity index (χ0v) is 12.3. The Morgan fingerprint density at radius 1 is 1.13 bits per heavy atom. The Labute approximate surface area is 130 Å². The highest BCUT2D eigenvalue weighted by molar-refractivity contribution is 6.07. The molecule has 1 aromatic heterocycles. The Morgan fingerprint density at radius 2 is 1.91 bits per heavy atom. The predicted octanol–water partition coefficient (Wildman–Crippen LogP) is 2.83. The van der Waals surface area contributed by atoms with Gasteiger partial charge >= 0.3 is 6.09 Å². The summed E-state index contributed by atoms with van der Waals surface area (Å²) in [4.78, 5) is 35.8. The molecule has 0 radical (unpaired) electrons. The first-order valence-electron chi connectivity index (χ1n) is 7.03. The molecule has 0 saturated heterocycles. The molecule has 0 aliphatic carbocycles. The summed E-state index contributed by atoms with van der Waals surface area (Å²) in [6.45, 7) is 1.73. The van der Waals surface area contributed by atoms with E-state index in [1.54, 1.807) is 19.1 Å². The first-order valence-corrected chi connectivity index (χ1v) is 7.03. The Kier molecular flexibility index (Phi) is 3.80. The lowest BCUT2D eigenvalue weighted by atomic mass is 10.1. The number of ether oxygens (including phenoxy) is 1. The lowest BCUT2D eigenvalue weighted by molar-refractivity contribution is 0.0922. The number of carbonyl (C=O) groups excluding carboxylic acids is 2. The molecule has 3 rings (SSSR count). The molecule has 2 amide bonds. The smallest absolute Gasteiger partial charge is 0.414 e. The molecule has 116 valence electrons. The fourth-order valence-electron chi connectivity index (χ4n) is 2.35.